The van der Waals surface area contributed by atoms with Crippen LogP contribution in [-0.2, 0) is 0 Å². The lowest BCUT2D eigenvalue weighted by Crippen LogP contribution is -2.11. The Kier molecular flexibility index (Phi) is 2.41. The lowest BCUT2D eigenvalue weighted by atomic mass is 10.2. The van der Waals surface area contributed by atoms with Gasteiger partial charge in [0.2, 0.25) is 10.3 Å². The van der Waals surface area contributed by atoms with Crippen LogP contribution in [0.25, 0.3) is 5.52 Å². The van der Waals surface area contributed by atoms with Crippen LogP contribution in [0.1, 0.15) is 10.4 Å². The third-order valence-electron chi connectivity index (χ3n) is 2.33. The van der Waals surface area contributed by atoms with Crippen LogP contribution < -0.4 is 11.1 Å². The Morgan fingerprint density at radius 1 is 1.39 bits per heavy atom. The van der Waals surface area contributed by atoms with Crippen molar-refractivity contribution < 1.29 is 4.79 Å². The fourth-order valence-electron chi connectivity index (χ4n) is 1.56. The molecule has 0 aliphatic carbocycles. The highest BCUT2D eigenvalue weighted by Gasteiger charge is 2.14. The Morgan fingerprint density at radius 3 is 3.06 bits per heavy atom. The number of nitrogens with two attached hydrogens (primary N) is 1. The minimum atomic E-state index is -0.285. The van der Waals surface area contributed by atoms with Crippen LogP contribution in [0.2, 0.25) is 0 Å². The normalized spacial score (nSPS) is 10.7. The predicted molar refractivity (Wildman–Crippen MR) is 67.5 cm³/mol. The monoisotopic (exact) mass is 260 g/mol. The van der Waals surface area contributed by atoms with E-state index in [-0.39, 0.29) is 5.91 Å². The van der Waals surface area contributed by atoms with Gasteiger partial charge in [-0.3, -0.25) is 10.1 Å². The van der Waals surface area contributed by atoms with Crippen molar-refractivity contribution in [3.63, 3.8) is 0 Å². The molecule has 0 aliphatic rings. The van der Waals surface area contributed by atoms with Crippen molar-refractivity contribution in [2.24, 2.45) is 0 Å². The maximum Gasteiger partial charge on any atom is 0.261 e. The minimum absolute atomic E-state index is 0.285. The summed E-state index contributed by atoms with van der Waals surface area (Å²) in [5.74, 6) is -0.285. The number of rotatable bonds is 2. The molecule has 0 atom stereocenters. The van der Waals surface area contributed by atoms with Crippen LogP contribution in [0.15, 0.2) is 30.6 Å². The summed E-state index contributed by atoms with van der Waals surface area (Å²) in [5.41, 5.74) is 6.65. The van der Waals surface area contributed by atoms with E-state index in [9.17, 15) is 4.79 Å². The Bertz CT molecular complexity index is 718. The van der Waals surface area contributed by atoms with Gasteiger partial charge in [-0.25, -0.2) is 4.52 Å². The Labute approximate surface area is 105 Å². The minimum Gasteiger partial charge on any atom is -0.374 e. The lowest BCUT2D eigenvalue weighted by Gasteiger charge is -1.98. The molecule has 0 fully saturated rings. The zero-order valence-corrected chi connectivity index (χ0v) is 9.89. The van der Waals surface area contributed by atoms with Crippen molar-refractivity contribution in [3.8, 4) is 0 Å². The van der Waals surface area contributed by atoms with Crippen molar-refractivity contribution in [3.05, 3.63) is 36.2 Å². The molecule has 7 nitrogen and oxygen atoms in total. The Balaban J connectivity index is 1.92. The van der Waals surface area contributed by atoms with Gasteiger partial charge in [-0.15, -0.1) is 10.2 Å². The fourth-order valence-corrected chi connectivity index (χ4v) is 2.06. The Hall–Kier alpha value is -2.48. The summed E-state index contributed by atoms with van der Waals surface area (Å²) in [6.45, 7) is 0. The summed E-state index contributed by atoms with van der Waals surface area (Å²) in [6, 6.07) is 5.50. The van der Waals surface area contributed by atoms with Gasteiger partial charge < -0.3 is 5.73 Å². The highest BCUT2D eigenvalue weighted by atomic mass is 32.1. The molecule has 0 aromatic carbocycles. The Morgan fingerprint density at radius 2 is 2.28 bits per heavy atom. The van der Waals surface area contributed by atoms with Gasteiger partial charge in [-0.2, -0.15) is 5.10 Å². The molecule has 3 N–H and O–H groups in total. The average molecular weight is 260 g/mol. The van der Waals surface area contributed by atoms with E-state index in [0.29, 0.717) is 15.8 Å². The summed E-state index contributed by atoms with van der Waals surface area (Å²) in [5, 5.41) is 14.7. The maximum atomic E-state index is 12.0. The van der Waals surface area contributed by atoms with Crippen molar-refractivity contribution in [1.29, 1.82) is 0 Å². The van der Waals surface area contributed by atoms with Crippen LogP contribution in [-0.4, -0.2) is 25.7 Å². The zero-order valence-electron chi connectivity index (χ0n) is 9.07. The highest BCUT2D eigenvalue weighted by molar-refractivity contribution is 7.19. The molecule has 0 saturated heterocycles. The molecule has 90 valence electrons. The molecule has 3 rings (SSSR count). The molecule has 0 bridgehead atoms. The summed E-state index contributed by atoms with van der Waals surface area (Å²) >= 11 is 1.12. The molecule has 3 aromatic rings. The van der Waals surface area contributed by atoms with E-state index in [1.807, 2.05) is 18.2 Å². The van der Waals surface area contributed by atoms with Crippen LogP contribution in [0, 0.1) is 0 Å². The smallest absolute Gasteiger partial charge is 0.261 e. The first kappa shape index (κ1) is 10.7. The molecule has 18 heavy (non-hydrogen) atoms. The number of nitrogen functional groups attached to an aromatic ring is 1. The average Bonchev–Trinajstić information content (AvgIpc) is 2.95. The van der Waals surface area contributed by atoms with E-state index in [0.717, 1.165) is 16.9 Å². The maximum absolute atomic E-state index is 12.0. The lowest BCUT2D eigenvalue weighted by molar-refractivity contribution is 0.102. The van der Waals surface area contributed by atoms with Crippen LogP contribution in [0.3, 0.4) is 0 Å². The quantitative estimate of drug-likeness (QED) is 0.716. The SMILES string of the molecule is Nc1nnc(NC(=O)c2cnn3ccccc23)s1. The number of nitrogens with one attached hydrogen (secondary N) is 1. The second-order valence-electron chi connectivity index (χ2n) is 3.49. The summed E-state index contributed by atoms with van der Waals surface area (Å²) in [6.07, 6.45) is 3.28. The predicted octanol–water partition coefficient (Wildman–Crippen LogP) is 1.02. The number of aromatic nitrogens is 4. The molecule has 0 unspecified atom stereocenters. The van der Waals surface area contributed by atoms with Crippen molar-refractivity contribution in [2.45, 2.75) is 0 Å². The van der Waals surface area contributed by atoms with Gasteiger partial charge in [-0.05, 0) is 12.1 Å². The van der Waals surface area contributed by atoms with E-state index in [1.165, 1.54) is 6.20 Å². The van der Waals surface area contributed by atoms with Gasteiger partial charge in [-0.1, -0.05) is 17.4 Å². The number of nitrogens with zero attached hydrogens (tertiary/aromatic N) is 4. The van der Waals surface area contributed by atoms with Crippen molar-refractivity contribution in [2.75, 3.05) is 11.1 Å². The summed E-state index contributed by atoms with van der Waals surface area (Å²) < 4.78 is 1.63. The zero-order chi connectivity index (χ0) is 12.5. The highest BCUT2D eigenvalue weighted by Crippen LogP contribution is 2.18. The first-order valence-corrected chi connectivity index (χ1v) is 5.88. The number of pyridine rings is 1. The molecular weight excluding hydrogens is 252 g/mol. The number of anilines is 2. The van der Waals surface area contributed by atoms with Crippen LogP contribution >= 0.6 is 11.3 Å². The van der Waals surface area contributed by atoms with E-state index in [2.05, 4.69) is 20.6 Å². The second kappa shape index (κ2) is 4.08. The van der Waals surface area contributed by atoms with Crippen molar-refractivity contribution in [1.82, 2.24) is 19.8 Å². The van der Waals surface area contributed by atoms with Crippen LogP contribution in [0.4, 0.5) is 10.3 Å². The molecule has 0 spiro atoms. The molecule has 0 saturated carbocycles. The third kappa shape index (κ3) is 1.78. The topological polar surface area (TPSA) is 98.2 Å². The van der Waals surface area contributed by atoms with E-state index in [1.54, 1.807) is 10.7 Å². The number of carbonyl (C=O) groups is 1. The fraction of sp³-hybridized carbons (Fsp3) is 0. The first-order chi connectivity index (χ1) is 8.74. The number of hydrogen-bond acceptors (Lipinski definition) is 6. The van der Waals surface area contributed by atoms with Crippen molar-refractivity contribution >= 4 is 33.0 Å². The summed E-state index contributed by atoms with van der Waals surface area (Å²) in [7, 11) is 0. The number of amides is 1. The van der Waals surface area contributed by atoms with Gasteiger partial charge in [0, 0.05) is 6.20 Å². The molecule has 8 heteroatoms. The van der Waals surface area contributed by atoms with Gasteiger partial charge in [0.05, 0.1) is 17.3 Å². The van der Waals surface area contributed by atoms with E-state index >= 15 is 0 Å². The first-order valence-electron chi connectivity index (χ1n) is 5.07. The molecule has 3 aromatic heterocycles. The van der Waals surface area contributed by atoms with Gasteiger partial charge in [0.25, 0.3) is 5.91 Å². The second-order valence-corrected chi connectivity index (χ2v) is 4.50. The molecule has 0 aliphatic heterocycles. The molecular formula is C10H8N6OS. The molecule has 3 heterocycles. The third-order valence-corrected chi connectivity index (χ3v) is 3.00. The number of fused-ring (bicyclic) bond motifs is 1. The molecule has 1 amide bonds. The van der Waals surface area contributed by atoms with Gasteiger partial charge in [0.15, 0.2) is 0 Å². The summed E-state index contributed by atoms with van der Waals surface area (Å²) in [4.78, 5) is 12.0. The van der Waals surface area contributed by atoms with Crippen LogP contribution in [0.5, 0.6) is 0 Å². The molecule has 0 radical (unpaired) electrons. The number of hydrogen-bond donors (Lipinski definition) is 2. The van der Waals surface area contributed by atoms with E-state index in [4.69, 9.17) is 5.73 Å². The van der Waals surface area contributed by atoms with E-state index < -0.39 is 0 Å². The largest absolute Gasteiger partial charge is 0.374 e. The van der Waals surface area contributed by atoms with Gasteiger partial charge in [0.1, 0.15) is 0 Å². The number of carbonyl (C=O) groups excluding carboxylic acids is 1. The standard InChI is InChI=1S/C10H8N6OS/c11-9-14-15-10(18-9)13-8(17)6-5-12-16-4-2-1-3-7(6)16/h1-5H,(H2,11,14)(H,13,15,17). The van der Waals surface area contributed by atoms with Gasteiger partial charge >= 0.3 is 0 Å².